The van der Waals surface area contributed by atoms with Crippen molar-refractivity contribution in [3.63, 3.8) is 0 Å². The molecule has 0 spiro atoms. The number of aromatic nitrogens is 2. The summed E-state index contributed by atoms with van der Waals surface area (Å²) in [4.78, 5) is 11.5. The highest BCUT2D eigenvalue weighted by Gasteiger charge is 2.14. The van der Waals surface area contributed by atoms with Gasteiger partial charge in [0, 0.05) is 24.8 Å². The summed E-state index contributed by atoms with van der Waals surface area (Å²) in [6, 6.07) is 7.34. The fourth-order valence-electron chi connectivity index (χ4n) is 2.77. The molecule has 0 aliphatic carbocycles. The van der Waals surface area contributed by atoms with E-state index >= 15 is 0 Å². The lowest BCUT2D eigenvalue weighted by Gasteiger charge is -2.21. The van der Waals surface area contributed by atoms with E-state index in [1.165, 1.54) is 25.7 Å². The number of para-hydroxylation sites is 1. The Balaban J connectivity index is 1.88. The normalized spacial score (nSPS) is 15.3. The molecule has 1 N–H and O–H groups in total. The Labute approximate surface area is 146 Å². The average molecular weight is 351 g/mol. The molecule has 0 unspecified atom stereocenters. The maximum Gasteiger partial charge on any atom is 0.227 e. The van der Waals surface area contributed by atoms with E-state index in [1.807, 2.05) is 19.1 Å². The highest BCUT2D eigenvalue weighted by Crippen LogP contribution is 2.32. The van der Waals surface area contributed by atoms with E-state index < -0.39 is 0 Å². The zero-order chi connectivity index (χ0) is 16.2. The van der Waals surface area contributed by atoms with Crippen LogP contribution in [0, 0.1) is 6.92 Å². The molecule has 1 fully saturated rings. The summed E-state index contributed by atoms with van der Waals surface area (Å²) in [5.74, 6) is 1.49. The third-order valence-electron chi connectivity index (χ3n) is 3.95. The summed E-state index contributed by atoms with van der Waals surface area (Å²) in [6.45, 7) is 3.99. The van der Waals surface area contributed by atoms with E-state index in [9.17, 15) is 0 Å². The zero-order valence-corrected chi connectivity index (χ0v) is 14.7. The van der Waals surface area contributed by atoms with Gasteiger partial charge in [-0.15, -0.1) is 0 Å². The van der Waals surface area contributed by atoms with Gasteiger partial charge in [-0.3, -0.25) is 0 Å². The first kappa shape index (κ1) is 16.3. The summed E-state index contributed by atoms with van der Waals surface area (Å²) < 4.78 is 0. The minimum atomic E-state index is 0.574. The molecule has 122 valence electrons. The van der Waals surface area contributed by atoms with Crippen molar-refractivity contribution >= 4 is 40.7 Å². The number of nitrogens with one attached hydrogen (secondary N) is 1. The number of benzene rings is 1. The van der Waals surface area contributed by atoms with E-state index in [1.54, 1.807) is 12.1 Å². The Hall–Kier alpha value is -1.52. The van der Waals surface area contributed by atoms with Crippen molar-refractivity contribution < 1.29 is 0 Å². The molecule has 0 radical (unpaired) electrons. The molecule has 6 heteroatoms. The van der Waals surface area contributed by atoms with Crippen LogP contribution in [-0.4, -0.2) is 23.1 Å². The highest BCUT2D eigenvalue weighted by atomic mass is 35.5. The zero-order valence-electron chi connectivity index (χ0n) is 13.1. The van der Waals surface area contributed by atoms with Crippen molar-refractivity contribution in [2.24, 2.45) is 0 Å². The van der Waals surface area contributed by atoms with E-state index in [-0.39, 0.29) is 0 Å². The fraction of sp³-hybridized carbons (Fsp3) is 0.412. The minimum absolute atomic E-state index is 0.574. The summed E-state index contributed by atoms with van der Waals surface area (Å²) >= 11 is 12.5. The maximum absolute atomic E-state index is 6.23. The predicted molar refractivity (Wildman–Crippen MR) is 97.2 cm³/mol. The summed E-state index contributed by atoms with van der Waals surface area (Å²) in [7, 11) is 0. The van der Waals surface area contributed by atoms with Gasteiger partial charge in [0.1, 0.15) is 5.82 Å². The van der Waals surface area contributed by atoms with Gasteiger partial charge in [-0.25, -0.2) is 4.98 Å². The van der Waals surface area contributed by atoms with E-state index in [0.717, 1.165) is 24.7 Å². The number of anilines is 3. The van der Waals surface area contributed by atoms with E-state index in [2.05, 4.69) is 20.2 Å². The molecule has 0 saturated carbocycles. The number of rotatable bonds is 3. The SMILES string of the molecule is Cc1cc(Nc2c(Cl)cccc2Cl)nc(N2CCCCCC2)n1. The lowest BCUT2D eigenvalue weighted by atomic mass is 10.2. The Morgan fingerprint density at radius 3 is 2.30 bits per heavy atom. The van der Waals surface area contributed by atoms with Crippen molar-refractivity contribution in [3.05, 3.63) is 40.0 Å². The number of hydrogen-bond donors (Lipinski definition) is 1. The topological polar surface area (TPSA) is 41.1 Å². The molecule has 3 rings (SSSR count). The monoisotopic (exact) mass is 350 g/mol. The van der Waals surface area contributed by atoms with Crippen LogP contribution in [-0.2, 0) is 0 Å². The van der Waals surface area contributed by atoms with Gasteiger partial charge >= 0.3 is 0 Å². The Bertz CT molecular complexity index is 662. The van der Waals surface area contributed by atoms with E-state index in [0.29, 0.717) is 21.6 Å². The van der Waals surface area contributed by atoms with Crippen molar-refractivity contribution in [2.45, 2.75) is 32.6 Å². The van der Waals surface area contributed by atoms with E-state index in [4.69, 9.17) is 23.2 Å². The van der Waals surface area contributed by atoms with Crippen LogP contribution in [0.3, 0.4) is 0 Å². The number of hydrogen-bond acceptors (Lipinski definition) is 4. The van der Waals surface area contributed by atoms with Crippen LogP contribution in [0.5, 0.6) is 0 Å². The summed E-state index contributed by atoms with van der Waals surface area (Å²) in [5.41, 5.74) is 1.60. The molecule has 0 atom stereocenters. The smallest absolute Gasteiger partial charge is 0.227 e. The van der Waals surface area contributed by atoms with Crippen molar-refractivity contribution in [1.82, 2.24) is 9.97 Å². The van der Waals surface area contributed by atoms with Gasteiger partial charge in [0.25, 0.3) is 0 Å². The molecule has 0 amide bonds. The van der Waals surface area contributed by atoms with Gasteiger partial charge in [0.05, 0.1) is 15.7 Å². The summed E-state index contributed by atoms with van der Waals surface area (Å²) in [6.07, 6.45) is 4.94. The van der Waals surface area contributed by atoms with Crippen LogP contribution in [0.1, 0.15) is 31.4 Å². The summed E-state index contributed by atoms with van der Waals surface area (Å²) in [5, 5.41) is 4.38. The van der Waals surface area contributed by atoms with Crippen LogP contribution in [0.25, 0.3) is 0 Å². The van der Waals surface area contributed by atoms with Crippen molar-refractivity contribution in [3.8, 4) is 0 Å². The minimum Gasteiger partial charge on any atom is -0.341 e. The predicted octanol–water partition coefficient (Wildman–Crippen LogP) is 5.22. The Kier molecular flexibility index (Phi) is 5.23. The molecular formula is C17H20Cl2N4. The molecule has 4 nitrogen and oxygen atoms in total. The second kappa shape index (κ2) is 7.37. The molecule has 2 heterocycles. The van der Waals surface area contributed by atoms with Gasteiger partial charge in [0.15, 0.2) is 0 Å². The molecule has 1 aliphatic rings. The quantitative estimate of drug-likeness (QED) is 0.824. The molecule has 1 aliphatic heterocycles. The molecule has 1 aromatic carbocycles. The van der Waals surface area contributed by atoms with Gasteiger partial charge in [-0.2, -0.15) is 4.98 Å². The number of aryl methyl sites for hydroxylation is 1. The Morgan fingerprint density at radius 1 is 1.00 bits per heavy atom. The first-order valence-electron chi connectivity index (χ1n) is 7.95. The molecule has 1 saturated heterocycles. The van der Waals surface area contributed by atoms with Gasteiger partial charge < -0.3 is 10.2 Å². The van der Waals surface area contributed by atoms with Crippen molar-refractivity contribution in [2.75, 3.05) is 23.3 Å². The first-order valence-corrected chi connectivity index (χ1v) is 8.71. The lowest BCUT2D eigenvalue weighted by Crippen LogP contribution is -2.26. The van der Waals surface area contributed by atoms with Gasteiger partial charge in [-0.1, -0.05) is 42.1 Å². The molecule has 2 aromatic rings. The van der Waals surface area contributed by atoms with Crippen LogP contribution < -0.4 is 10.2 Å². The van der Waals surface area contributed by atoms with Gasteiger partial charge in [0.2, 0.25) is 5.95 Å². The lowest BCUT2D eigenvalue weighted by molar-refractivity contribution is 0.726. The van der Waals surface area contributed by atoms with Crippen LogP contribution in [0.4, 0.5) is 17.5 Å². The third-order valence-corrected chi connectivity index (χ3v) is 4.58. The number of halogens is 2. The average Bonchev–Trinajstić information content (AvgIpc) is 2.80. The Morgan fingerprint density at radius 2 is 1.65 bits per heavy atom. The molecule has 1 aromatic heterocycles. The highest BCUT2D eigenvalue weighted by molar-refractivity contribution is 6.39. The second-order valence-corrected chi connectivity index (χ2v) is 6.63. The molecular weight excluding hydrogens is 331 g/mol. The molecule has 0 bridgehead atoms. The number of nitrogens with zero attached hydrogens (tertiary/aromatic N) is 3. The van der Waals surface area contributed by atoms with Crippen molar-refractivity contribution in [1.29, 1.82) is 0 Å². The second-order valence-electron chi connectivity index (χ2n) is 5.82. The third kappa shape index (κ3) is 4.06. The van der Waals surface area contributed by atoms with Crippen LogP contribution >= 0.6 is 23.2 Å². The maximum atomic E-state index is 6.23. The standard InChI is InChI=1S/C17H20Cl2N4/c1-12-11-15(21-16-13(18)7-6-8-14(16)19)22-17(20-12)23-9-4-2-3-5-10-23/h6-8,11H,2-5,9-10H2,1H3,(H,20,21,22). The molecule has 23 heavy (non-hydrogen) atoms. The van der Waals surface area contributed by atoms with Gasteiger partial charge in [-0.05, 0) is 31.9 Å². The van der Waals surface area contributed by atoms with Crippen LogP contribution in [0.2, 0.25) is 10.0 Å². The van der Waals surface area contributed by atoms with Crippen LogP contribution in [0.15, 0.2) is 24.3 Å². The fourth-order valence-corrected chi connectivity index (χ4v) is 3.27. The first-order chi connectivity index (χ1) is 11.1. The largest absolute Gasteiger partial charge is 0.341 e.